The summed E-state index contributed by atoms with van der Waals surface area (Å²) in [6.45, 7) is 5.74. The summed E-state index contributed by atoms with van der Waals surface area (Å²) >= 11 is 0. The van der Waals surface area contributed by atoms with Gasteiger partial charge in [0, 0.05) is 19.2 Å². The predicted molar refractivity (Wildman–Crippen MR) is 91.0 cm³/mol. The largest absolute Gasteiger partial charge is 0.295 e. The van der Waals surface area contributed by atoms with Crippen molar-refractivity contribution in [2.24, 2.45) is 0 Å². The van der Waals surface area contributed by atoms with Crippen molar-refractivity contribution in [1.82, 2.24) is 4.31 Å². The molecule has 0 fully saturated rings. The summed E-state index contributed by atoms with van der Waals surface area (Å²) in [5, 5.41) is 0. The quantitative estimate of drug-likeness (QED) is 0.790. The Bertz CT molecular complexity index is 804. The summed E-state index contributed by atoms with van der Waals surface area (Å²) in [5.41, 5.74) is 3.67. The van der Waals surface area contributed by atoms with Crippen LogP contribution in [0.2, 0.25) is 0 Å². The molecule has 0 amide bonds. The number of hydrogen-bond donors (Lipinski definition) is 0. The molecule has 122 valence electrons. The van der Waals surface area contributed by atoms with Crippen molar-refractivity contribution >= 4 is 15.8 Å². The minimum atomic E-state index is -3.58. The normalized spacial score (nSPS) is 11.7. The van der Waals surface area contributed by atoms with E-state index >= 15 is 0 Å². The molecule has 0 atom stereocenters. The van der Waals surface area contributed by atoms with Gasteiger partial charge < -0.3 is 0 Å². The molecule has 0 saturated heterocycles. The van der Waals surface area contributed by atoms with Crippen LogP contribution in [0.3, 0.4) is 0 Å². The number of ketones is 1. The van der Waals surface area contributed by atoms with Crippen molar-refractivity contribution in [3.63, 3.8) is 0 Å². The van der Waals surface area contributed by atoms with Crippen LogP contribution in [0.5, 0.6) is 0 Å². The lowest BCUT2D eigenvalue weighted by Crippen LogP contribution is -2.26. The van der Waals surface area contributed by atoms with E-state index in [-0.39, 0.29) is 10.7 Å². The summed E-state index contributed by atoms with van der Waals surface area (Å²) in [7, 11) is -2.02. The molecule has 2 aromatic carbocycles. The molecule has 0 saturated carbocycles. The molecule has 0 radical (unpaired) electrons. The maximum Gasteiger partial charge on any atom is 0.243 e. The number of Topliss-reactive ketones (excluding diaryl/α,β-unsaturated/α-hetero) is 1. The number of aryl methyl sites for hydroxylation is 2. The Balaban J connectivity index is 2.25. The van der Waals surface area contributed by atoms with Crippen LogP contribution in [0, 0.1) is 13.8 Å². The number of carbonyl (C=O) groups is 1. The van der Waals surface area contributed by atoms with Crippen molar-refractivity contribution in [2.45, 2.75) is 32.2 Å². The zero-order valence-electron chi connectivity index (χ0n) is 13.8. The Morgan fingerprint density at radius 1 is 1.00 bits per heavy atom. The van der Waals surface area contributed by atoms with Gasteiger partial charge in [0.1, 0.15) is 0 Å². The fourth-order valence-electron chi connectivity index (χ4n) is 2.54. The van der Waals surface area contributed by atoms with Gasteiger partial charge >= 0.3 is 0 Å². The fraction of sp³-hybridized carbons (Fsp3) is 0.278. The number of nitrogens with zero attached hydrogens (tertiary/aromatic N) is 1. The topological polar surface area (TPSA) is 54.5 Å². The zero-order chi connectivity index (χ0) is 17.2. The summed E-state index contributed by atoms with van der Waals surface area (Å²) in [6.07, 6.45) is 0. The second kappa shape index (κ2) is 6.64. The molecule has 2 rings (SSSR count). The molecular weight excluding hydrogens is 310 g/mol. The average molecular weight is 331 g/mol. The van der Waals surface area contributed by atoms with Crippen LogP contribution in [0.15, 0.2) is 47.4 Å². The van der Waals surface area contributed by atoms with Crippen LogP contribution in [0.1, 0.15) is 34.0 Å². The summed E-state index contributed by atoms with van der Waals surface area (Å²) in [4.78, 5) is 11.5. The Kier molecular flexibility index (Phi) is 5.02. The molecule has 0 unspecified atom stereocenters. The molecule has 0 aliphatic rings. The molecule has 0 N–H and O–H groups in total. The van der Waals surface area contributed by atoms with Gasteiger partial charge in [-0.05, 0) is 38.5 Å². The minimum Gasteiger partial charge on any atom is -0.295 e. The molecule has 0 aromatic heterocycles. The van der Waals surface area contributed by atoms with E-state index in [1.807, 2.05) is 26.0 Å². The summed E-state index contributed by atoms with van der Waals surface area (Å²) in [6, 6.07) is 12.1. The van der Waals surface area contributed by atoms with Gasteiger partial charge in [-0.25, -0.2) is 8.42 Å². The molecule has 0 spiro atoms. The molecule has 5 heteroatoms. The van der Waals surface area contributed by atoms with E-state index < -0.39 is 10.0 Å². The minimum absolute atomic E-state index is 0.0856. The number of rotatable bonds is 5. The number of benzene rings is 2. The van der Waals surface area contributed by atoms with E-state index in [0.717, 1.165) is 16.7 Å². The van der Waals surface area contributed by atoms with Gasteiger partial charge in [-0.1, -0.05) is 41.5 Å². The van der Waals surface area contributed by atoms with Gasteiger partial charge in [-0.3, -0.25) is 4.79 Å². The first-order valence-corrected chi connectivity index (χ1v) is 8.78. The van der Waals surface area contributed by atoms with Crippen LogP contribution in [-0.4, -0.2) is 25.6 Å². The molecule has 0 aliphatic heterocycles. The lowest BCUT2D eigenvalue weighted by Gasteiger charge is -2.18. The van der Waals surface area contributed by atoms with Crippen LogP contribution in [-0.2, 0) is 16.6 Å². The molecule has 23 heavy (non-hydrogen) atoms. The van der Waals surface area contributed by atoms with Gasteiger partial charge in [-0.15, -0.1) is 0 Å². The first-order valence-electron chi connectivity index (χ1n) is 7.34. The molecule has 0 heterocycles. The first-order chi connectivity index (χ1) is 10.7. The lowest BCUT2D eigenvalue weighted by atomic mass is 10.1. The van der Waals surface area contributed by atoms with Crippen molar-refractivity contribution < 1.29 is 13.2 Å². The van der Waals surface area contributed by atoms with Gasteiger partial charge in [0.05, 0.1) is 4.90 Å². The van der Waals surface area contributed by atoms with Crippen molar-refractivity contribution in [1.29, 1.82) is 0 Å². The van der Waals surface area contributed by atoms with Crippen LogP contribution < -0.4 is 0 Å². The second-order valence-electron chi connectivity index (χ2n) is 5.84. The third-order valence-corrected chi connectivity index (χ3v) is 5.47. The monoisotopic (exact) mass is 331 g/mol. The van der Waals surface area contributed by atoms with Crippen molar-refractivity contribution in [2.75, 3.05) is 7.05 Å². The molecule has 0 bridgehead atoms. The third kappa shape index (κ3) is 4.06. The Morgan fingerprint density at radius 2 is 1.52 bits per heavy atom. The fourth-order valence-corrected chi connectivity index (χ4v) is 3.70. The number of hydrogen-bond acceptors (Lipinski definition) is 3. The van der Waals surface area contributed by atoms with Crippen LogP contribution in [0.4, 0.5) is 0 Å². The Labute approximate surface area is 137 Å². The van der Waals surface area contributed by atoms with E-state index in [9.17, 15) is 13.2 Å². The third-order valence-electron chi connectivity index (χ3n) is 3.66. The average Bonchev–Trinajstić information content (AvgIpc) is 2.46. The maximum atomic E-state index is 12.6. The van der Waals surface area contributed by atoms with Gasteiger partial charge in [0.15, 0.2) is 5.78 Å². The highest BCUT2D eigenvalue weighted by molar-refractivity contribution is 7.89. The van der Waals surface area contributed by atoms with Crippen LogP contribution in [0.25, 0.3) is 0 Å². The first kappa shape index (κ1) is 17.4. The maximum absolute atomic E-state index is 12.6. The van der Waals surface area contributed by atoms with Gasteiger partial charge in [0.25, 0.3) is 0 Å². The molecular formula is C18H21NO3S. The van der Waals surface area contributed by atoms with E-state index in [2.05, 4.69) is 6.07 Å². The highest BCUT2D eigenvalue weighted by atomic mass is 32.2. The second-order valence-corrected chi connectivity index (χ2v) is 7.88. The van der Waals surface area contributed by atoms with E-state index in [0.29, 0.717) is 12.1 Å². The zero-order valence-corrected chi connectivity index (χ0v) is 14.6. The molecule has 0 aliphatic carbocycles. The molecule has 4 nitrogen and oxygen atoms in total. The standard InChI is InChI=1S/C18H21NO3S/c1-13-9-14(2)11-16(10-13)12-19(4)23(21,22)18-7-5-17(6-8-18)15(3)20/h5-11H,12H2,1-4H3. The summed E-state index contributed by atoms with van der Waals surface area (Å²) in [5.74, 6) is -0.0856. The van der Waals surface area contributed by atoms with E-state index in [1.54, 1.807) is 19.2 Å². The van der Waals surface area contributed by atoms with Gasteiger partial charge in [0.2, 0.25) is 10.0 Å². The van der Waals surface area contributed by atoms with Gasteiger partial charge in [-0.2, -0.15) is 4.31 Å². The van der Waals surface area contributed by atoms with E-state index in [1.165, 1.54) is 23.4 Å². The SMILES string of the molecule is CC(=O)c1ccc(S(=O)(=O)N(C)Cc2cc(C)cc(C)c2)cc1. The van der Waals surface area contributed by atoms with Crippen LogP contribution >= 0.6 is 0 Å². The number of sulfonamides is 1. The number of carbonyl (C=O) groups excluding carboxylic acids is 1. The highest BCUT2D eigenvalue weighted by Crippen LogP contribution is 2.19. The smallest absolute Gasteiger partial charge is 0.243 e. The van der Waals surface area contributed by atoms with E-state index in [4.69, 9.17) is 0 Å². The lowest BCUT2D eigenvalue weighted by molar-refractivity contribution is 0.101. The van der Waals surface area contributed by atoms with Crippen molar-refractivity contribution in [3.05, 3.63) is 64.7 Å². The Morgan fingerprint density at radius 3 is 2.00 bits per heavy atom. The predicted octanol–water partition coefficient (Wildman–Crippen LogP) is 3.33. The Hall–Kier alpha value is -1.98. The molecule has 2 aromatic rings. The summed E-state index contributed by atoms with van der Waals surface area (Å²) < 4.78 is 26.6. The highest BCUT2D eigenvalue weighted by Gasteiger charge is 2.21. The van der Waals surface area contributed by atoms with Crippen molar-refractivity contribution in [3.8, 4) is 0 Å².